The highest BCUT2D eigenvalue weighted by Crippen LogP contribution is 2.33. The summed E-state index contributed by atoms with van der Waals surface area (Å²) in [5, 5.41) is 9.42. The third kappa shape index (κ3) is 3.20. The fourth-order valence-corrected chi connectivity index (χ4v) is 2.70. The molecule has 0 aliphatic rings. The molecule has 7 heteroatoms. The van der Waals surface area contributed by atoms with Crippen molar-refractivity contribution in [3.63, 3.8) is 0 Å². The predicted octanol–water partition coefficient (Wildman–Crippen LogP) is 4.08. The summed E-state index contributed by atoms with van der Waals surface area (Å²) in [6.07, 6.45) is 0. The maximum Gasteiger partial charge on any atom is 0.294 e. The minimum Gasteiger partial charge on any atom is -0.398 e. The summed E-state index contributed by atoms with van der Waals surface area (Å²) in [4.78, 5) is -0.216. The number of rotatable bonds is 3. The van der Waals surface area contributed by atoms with E-state index in [0.29, 0.717) is 27.8 Å². The Labute approximate surface area is 133 Å². The quantitative estimate of drug-likeness (QED) is 0.429. The van der Waals surface area contributed by atoms with Gasteiger partial charge in [-0.15, -0.1) is 5.11 Å². The Bertz CT molecular complexity index is 1000. The molecule has 3 aromatic rings. The Hall–Kier alpha value is -2.77. The number of benzene rings is 3. The van der Waals surface area contributed by atoms with E-state index < -0.39 is 10.1 Å². The zero-order valence-electron chi connectivity index (χ0n) is 11.9. The number of hydrogen-bond acceptors (Lipinski definition) is 5. The van der Waals surface area contributed by atoms with Crippen molar-refractivity contribution in [3.05, 3.63) is 60.7 Å². The summed E-state index contributed by atoms with van der Waals surface area (Å²) in [7, 11) is -4.30. The molecule has 0 aromatic heterocycles. The van der Waals surface area contributed by atoms with Gasteiger partial charge >= 0.3 is 0 Å². The average Bonchev–Trinajstić information content (AvgIpc) is 2.54. The van der Waals surface area contributed by atoms with Crippen molar-refractivity contribution in [1.82, 2.24) is 0 Å². The molecule has 0 radical (unpaired) electrons. The maximum absolute atomic E-state index is 11.3. The normalized spacial score (nSPS) is 12.0. The van der Waals surface area contributed by atoms with Crippen molar-refractivity contribution >= 4 is 38.0 Å². The van der Waals surface area contributed by atoms with E-state index in [9.17, 15) is 13.0 Å². The summed E-state index contributed by atoms with van der Waals surface area (Å²) >= 11 is 0. The first kappa shape index (κ1) is 15.1. The van der Waals surface area contributed by atoms with Crippen LogP contribution in [-0.4, -0.2) is 13.0 Å². The SMILES string of the molecule is Nc1ccc(/N=N/c2ccccc2)c2cc(S(=O)(=O)O)ccc12. The molecule has 0 saturated heterocycles. The highest BCUT2D eigenvalue weighted by atomic mass is 32.2. The molecule has 0 spiro atoms. The standard InChI is InChI=1S/C16H13N3O3S/c17-15-8-9-16(19-18-11-4-2-1-3-5-11)14-10-12(23(20,21)22)6-7-13(14)15/h1-10H,17H2,(H,20,21,22)/b19-18+. The van der Waals surface area contributed by atoms with Crippen LogP contribution in [0.3, 0.4) is 0 Å². The van der Waals surface area contributed by atoms with Crippen molar-refractivity contribution in [2.45, 2.75) is 4.90 Å². The Morgan fingerprint density at radius 1 is 0.870 bits per heavy atom. The van der Waals surface area contributed by atoms with Crippen LogP contribution in [0.1, 0.15) is 0 Å². The third-order valence-electron chi connectivity index (χ3n) is 3.33. The van der Waals surface area contributed by atoms with E-state index in [1.165, 1.54) is 18.2 Å². The number of nitrogens with two attached hydrogens (primary N) is 1. The van der Waals surface area contributed by atoms with Crippen LogP contribution >= 0.6 is 0 Å². The Morgan fingerprint density at radius 2 is 1.61 bits per heavy atom. The Kier molecular flexibility index (Phi) is 3.81. The minimum atomic E-state index is -4.30. The lowest BCUT2D eigenvalue weighted by molar-refractivity contribution is 0.483. The molecule has 6 nitrogen and oxygen atoms in total. The summed E-state index contributed by atoms with van der Waals surface area (Å²) in [5.74, 6) is 0. The van der Waals surface area contributed by atoms with Gasteiger partial charge in [0.15, 0.2) is 0 Å². The molecule has 23 heavy (non-hydrogen) atoms. The second kappa shape index (κ2) is 5.79. The van der Waals surface area contributed by atoms with Crippen molar-refractivity contribution in [2.24, 2.45) is 10.2 Å². The second-order valence-electron chi connectivity index (χ2n) is 4.89. The molecule has 0 saturated carbocycles. The van der Waals surface area contributed by atoms with Gasteiger partial charge in [-0.1, -0.05) is 24.3 Å². The molecule has 0 fully saturated rings. The highest BCUT2D eigenvalue weighted by molar-refractivity contribution is 7.85. The molecule has 0 aliphatic heterocycles. The van der Waals surface area contributed by atoms with Crippen molar-refractivity contribution in [1.29, 1.82) is 0 Å². The number of nitrogen functional groups attached to an aromatic ring is 1. The predicted molar refractivity (Wildman–Crippen MR) is 88.8 cm³/mol. The molecule has 0 heterocycles. The minimum absolute atomic E-state index is 0.216. The zero-order valence-corrected chi connectivity index (χ0v) is 12.7. The van der Waals surface area contributed by atoms with Gasteiger partial charge in [0.25, 0.3) is 10.1 Å². The fourth-order valence-electron chi connectivity index (χ4n) is 2.19. The Balaban J connectivity index is 2.16. The van der Waals surface area contributed by atoms with Gasteiger partial charge in [-0.2, -0.15) is 13.5 Å². The van der Waals surface area contributed by atoms with Crippen LogP contribution in [0.15, 0.2) is 75.8 Å². The average molecular weight is 327 g/mol. The molecule has 116 valence electrons. The lowest BCUT2D eigenvalue weighted by atomic mass is 10.1. The van der Waals surface area contributed by atoms with Crippen LogP contribution in [0.2, 0.25) is 0 Å². The van der Waals surface area contributed by atoms with E-state index in [0.717, 1.165) is 0 Å². The number of anilines is 1. The van der Waals surface area contributed by atoms with Crippen molar-refractivity contribution < 1.29 is 13.0 Å². The van der Waals surface area contributed by atoms with Gasteiger partial charge in [0.2, 0.25) is 0 Å². The summed E-state index contributed by atoms with van der Waals surface area (Å²) in [6, 6.07) is 16.6. The molecule has 0 bridgehead atoms. The van der Waals surface area contributed by atoms with E-state index in [2.05, 4.69) is 10.2 Å². The molecule has 3 rings (SSSR count). The van der Waals surface area contributed by atoms with Gasteiger partial charge in [0, 0.05) is 16.5 Å². The third-order valence-corrected chi connectivity index (χ3v) is 4.18. The van der Waals surface area contributed by atoms with Crippen LogP contribution in [0, 0.1) is 0 Å². The zero-order chi connectivity index (χ0) is 16.4. The smallest absolute Gasteiger partial charge is 0.294 e. The van der Waals surface area contributed by atoms with E-state index in [1.54, 1.807) is 24.3 Å². The molecule has 0 amide bonds. The molecule has 3 aromatic carbocycles. The van der Waals surface area contributed by atoms with Crippen molar-refractivity contribution in [3.8, 4) is 0 Å². The van der Waals surface area contributed by atoms with Crippen molar-refractivity contribution in [2.75, 3.05) is 5.73 Å². The first-order valence-corrected chi connectivity index (χ1v) is 8.16. The maximum atomic E-state index is 11.3. The molecular formula is C16H13N3O3S. The van der Waals surface area contributed by atoms with Crippen LogP contribution < -0.4 is 5.73 Å². The highest BCUT2D eigenvalue weighted by Gasteiger charge is 2.12. The van der Waals surface area contributed by atoms with Crippen LogP contribution in [0.5, 0.6) is 0 Å². The number of azo groups is 1. The van der Waals surface area contributed by atoms with Crippen LogP contribution in [0.4, 0.5) is 17.1 Å². The largest absolute Gasteiger partial charge is 0.398 e. The summed E-state index contributed by atoms with van der Waals surface area (Å²) in [6.45, 7) is 0. The van der Waals surface area contributed by atoms with E-state index in [4.69, 9.17) is 5.73 Å². The topological polar surface area (TPSA) is 105 Å². The first-order chi connectivity index (χ1) is 10.9. The van der Waals surface area contributed by atoms with Gasteiger partial charge in [-0.05, 0) is 36.4 Å². The molecular weight excluding hydrogens is 314 g/mol. The van der Waals surface area contributed by atoms with Gasteiger partial charge in [-0.25, -0.2) is 0 Å². The van der Waals surface area contributed by atoms with Gasteiger partial charge in [-0.3, -0.25) is 4.55 Å². The number of fused-ring (bicyclic) bond motifs is 1. The summed E-state index contributed by atoms with van der Waals surface area (Å²) < 4.78 is 31.8. The second-order valence-corrected chi connectivity index (χ2v) is 6.31. The van der Waals surface area contributed by atoms with Crippen LogP contribution in [0.25, 0.3) is 10.8 Å². The summed E-state index contributed by atoms with van der Waals surface area (Å²) in [5.41, 5.74) is 7.53. The molecule has 0 unspecified atom stereocenters. The van der Waals surface area contributed by atoms with E-state index >= 15 is 0 Å². The monoisotopic (exact) mass is 327 g/mol. The molecule has 0 atom stereocenters. The van der Waals surface area contributed by atoms with Gasteiger partial charge < -0.3 is 5.73 Å². The lowest BCUT2D eigenvalue weighted by Crippen LogP contribution is -1.98. The number of nitrogens with zero attached hydrogens (tertiary/aromatic N) is 2. The van der Waals surface area contributed by atoms with E-state index in [-0.39, 0.29) is 4.90 Å². The molecule has 0 aliphatic carbocycles. The number of hydrogen-bond donors (Lipinski definition) is 2. The Morgan fingerprint density at radius 3 is 2.30 bits per heavy atom. The van der Waals surface area contributed by atoms with Crippen LogP contribution in [-0.2, 0) is 10.1 Å². The lowest BCUT2D eigenvalue weighted by Gasteiger charge is -2.06. The van der Waals surface area contributed by atoms with E-state index in [1.807, 2.05) is 18.2 Å². The van der Waals surface area contributed by atoms with Gasteiger partial charge in [0.05, 0.1) is 16.3 Å². The molecule has 3 N–H and O–H groups in total. The fraction of sp³-hybridized carbons (Fsp3) is 0. The first-order valence-electron chi connectivity index (χ1n) is 6.72. The van der Waals surface area contributed by atoms with Gasteiger partial charge in [0.1, 0.15) is 0 Å².